The van der Waals surface area contributed by atoms with Gasteiger partial charge in [-0.1, -0.05) is 44.0 Å². The minimum Gasteiger partial charge on any atom is -0.507 e. The summed E-state index contributed by atoms with van der Waals surface area (Å²) >= 11 is 6.61. The average Bonchev–Trinajstić information content (AvgIpc) is 2.36. The van der Waals surface area contributed by atoms with Crippen LogP contribution in [0.2, 0.25) is 0 Å². The van der Waals surface area contributed by atoms with Crippen molar-refractivity contribution in [1.29, 1.82) is 0 Å². The van der Waals surface area contributed by atoms with Gasteiger partial charge in [-0.15, -0.1) is 0 Å². The van der Waals surface area contributed by atoms with Crippen LogP contribution < -0.4 is 5.32 Å². The van der Waals surface area contributed by atoms with E-state index >= 15 is 0 Å². The Bertz CT molecular complexity index is 614. The van der Waals surface area contributed by atoms with Crippen molar-refractivity contribution in [2.75, 3.05) is 0 Å². The molecule has 2 N–H and O–H groups in total. The predicted octanol–water partition coefficient (Wildman–Crippen LogP) is 3.85. The third-order valence-corrected chi connectivity index (χ3v) is 3.53. The molecule has 0 spiro atoms. The highest BCUT2D eigenvalue weighted by Crippen LogP contribution is 2.22. The van der Waals surface area contributed by atoms with E-state index in [1.807, 2.05) is 24.3 Å². The number of benzene rings is 2. The molecule has 2 aromatic rings. The zero-order valence-corrected chi connectivity index (χ0v) is 13.0. The van der Waals surface area contributed by atoms with Crippen LogP contribution in [0.5, 0.6) is 5.75 Å². The molecule has 0 radical (unpaired) electrons. The Morgan fingerprint density at radius 3 is 2.53 bits per heavy atom. The monoisotopic (exact) mass is 383 g/mol. The summed E-state index contributed by atoms with van der Waals surface area (Å²) in [6.07, 6.45) is 0. The number of carbonyl (C=O) groups is 1. The van der Waals surface area contributed by atoms with Crippen LogP contribution in [0.25, 0.3) is 0 Å². The van der Waals surface area contributed by atoms with Crippen LogP contribution >= 0.6 is 31.9 Å². The molecule has 19 heavy (non-hydrogen) atoms. The first kappa shape index (κ1) is 14.1. The molecule has 0 saturated carbocycles. The van der Waals surface area contributed by atoms with Gasteiger partial charge in [-0.3, -0.25) is 4.79 Å². The molecule has 0 aliphatic carbocycles. The summed E-state index contributed by atoms with van der Waals surface area (Å²) in [7, 11) is 0. The Hall–Kier alpha value is -1.33. The fraction of sp³-hybridized carbons (Fsp3) is 0.0714. The average molecular weight is 385 g/mol. The maximum absolute atomic E-state index is 11.9. The Kier molecular flexibility index (Phi) is 4.61. The predicted molar refractivity (Wildman–Crippen MR) is 81.1 cm³/mol. The maximum Gasteiger partial charge on any atom is 0.255 e. The van der Waals surface area contributed by atoms with Crippen molar-refractivity contribution in [1.82, 2.24) is 5.32 Å². The van der Waals surface area contributed by atoms with Crippen LogP contribution in [0, 0.1) is 0 Å². The Balaban J connectivity index is 2.05. The number of rotatable bonds is 3. The second-order valence-electron chi connectivity index (χ2n) is 3.97. The molecule has 0 atom stereocenters. The van der Waals surface area contributed by atoms with Gasteiger partial charge in [-0.2, -0.15) is 0 Å². The fourth-order valence-electron chi connectivity index (χ4n) is 1.62. The zero-order chi connectivity index (χ0) is 13.8. The van der Waals surface area contributed by atoms with Gasteiger partial charge in [0.1, 0.15) is 5.75 Å². The van der Waals surface area contributed by atoms with E-state index in [1.165, 1.54) is 6.07 Å². The van der Waals surface area contributed by atoms with Crippen LogP contribution in [-0.4, -0.2) is 11.0 Å². The molecule has 0 aliphatic rings. The lowest BCUT2D eigenvalue weighted by Gasteiger charge is -2.07. The molecule has 0 aliphatic heterocycles. The van der Waals surface area contributed by atoms with Gasteiger partial charge < -0.3 is 10.4 Å². The number of halogens is 2. The molecule has 0 fully saturated rings. The van der Waals surface area contributed by atoms with E-state index < -0.39 is 0 Å². The van der Waals surface area contributed by atoms with Gasteiger partial charge in [0.15, 0.2) is 0 Å². The van der Waals surface area contributed by atoms with E-state index in [9.17, 15) is 9.90 Å². The third kappa shape index (κ3) is 3.81. The summed E-state index contributed by atoms with van der Waals surface area (Å²) < 4.78 is 1.69. The largest absolute Gasteiger partial charge is 0.507 e. The van der Waals surface area contributed by atoms with Gasteiger partial charge in [0, 0.05) is 15.5 Å². The molecule has 0 saturated heterocycles. The second-order valence-corrected chi connectivity index (χ2v) is 5.81. The topological polar surface area (TPSA) is 49.3 Å². The van der Waals surface area contributed by atoms with Gasteiger partial charge >= 0.3 is 0 Å². The minimum absolute atomic E-state index is 0.0406. The number of phenols is 1. The summed E-state index contributed by atoms with van der Waals surface area (Å²) in [5.41, 5.74) is 1.25. The highest BCUT2D eigenvalue weighted by molar-refractivity contribution is 9.10. The molecule has 1 amide bonds. The van der Waals surface area contributed by atoms with Gasteiger partial charge in [-0.25, -0.2) is 0 Å². The zero-order valence-electron chi connectivity index (χ0n) is 9.86. The third-order valence-electron chi connectivity index (χ3n) is 2.55. The first-order chi connectivity index (χ1) is 9.06. The van der Waals surface area contributed by atoms with Crippen molar-refractivity contribution in [3.63, 3.8) is 0 Å². The molecule has 2 aromatic carbocycles. The number of amides is 1. The smallest absolute Gasteiger partial charge is 0.255 e. The van der Waals surface area contributed by atoms with E-state index in [2.05, 4.69) is 37.2 Å². The molecule has 5 heteroatoms. The van der Waals surface area contributed by atoms with Crippen molar-refractivity contribution in [2.45, 2.75) is 6.54 Å². The van der Waals surface area contributed by atoms with E-state index in [-0.39, 0.29) is 17.2 Å². The van der Waals surface area contributed by atoms with Gasteiger partial charge in [0.05, 0.1) is 5.56 Å². The quantitative estimate of drug-likeness (QED) is 0.844. The molecule has 0 bridgehead atoms. The summed E-state index contributed by atoms with van der Waals surface area (Å²) in [6.45, 7) is 0.410. The standard InChI is InChI=1S/C14H11Br2NO2/c15-10-3-1-2-9(6-10)8-17-14(19)12-5-4-11(16)7-13(12)18/h1-7,18H,8H2,(H,17,19). The summed E-state index contributed by atoms with van der Waals surface area (Å²) in [6, 6.07) is 12.5. The molecular formula is C14H11Br2NO2. The van der Waals surface area contributed by atoms with Crippen molar-refractivity contribution in [3.05, 3.63) is 62.5 Å². The maximum atomic E-state index is 11.9. The second kappa shape index (κ2) is 6.21. The lowest BCUT2D eigenvalue weighted by Crippen LogP contribution is -2.22. The number of hydrogen-bond donors (Lipinski definition) is 2. The van der Waals surface area contributed by atoms with Crippen LogP contribution in [0.15, 0.2) is 51.4 Å². The highest BCUT2D eigenvalue weighted by Gasteiger charge is 2.10. The van der Waals surface area contributed by atoms with Gasteiger partial charge in [0.2, 0.25) is 0 Å². The van der Waals surface area contributed by atoms with Gasteiger partial charge in [0.25, 0.3) is 5.91 Å². The summed E-state index contributed by atoms with van der Waals surface area (Å²) in [5.74, 6) is -0.342. The van der Waals surface area contributed by atoms with Crippen molar-refractivity contribution >= 4 is 37.8 Å². The molecule has 0 aromatic heterocycles. The number of phenolic OH excluding ortho intramolecular Hbond substituents is 1. The van der Waals surface area contributed by atoms with E-state index in [1.54, 1.807) is 12.1 Å². The lowest BCUT2D eigenvalue weighted by molar-refractivity contribution is 0.0948. The SMILES string of the molecule is O=C(NCc1cccc(Br)c1)c1ccc(Br)cc1O. The molecule has 0 heterocycles. The fourth-order valence-corrected chi connectivity index (χ4v) is 2.42. The normalized spacial score (nSPS) is 10.2. The minimum atomic E-state index is -0.301. The Morgan fingerprint density at radius 2 is 1.84 bits per heavy atom. The molecule has 0 unspecified atom stereocenters. The van der Waals surface area contributed by atoms with Crippen LogP contribution in [0.1, 0.15) is 15.9 Å². The molecule has 2 rings (SSSR count). The first-order valence-electron chi connectivity index (χ1n) is 5.57. The van der Waals surface area contributed by atoms with Crippen molar-refractivity contribution < 1.29 is 9.90 Å². The lowest BCUT2D eigenvalue weighted by atomic mass is 10.1. The van der Waals surface area contributed by atoms with Crippen LogP contribution in [0.4, 0.5) is 0 Å². The molecule has 3 nitrogen and oxygen atoms in total. The first-order valence-corrected chi connectivity index (χ1v) is 7.16. The van der Waals surface area contributed by atoms with E-state index in [0.29, 0.717) is 6.54 Å². The van der Waals surface area contributed by atoms with E-state index in [0.717, 1.165) is 14.5 Å². The van der Waals surface area contributed by atoms with Crippen LogP contribution in [-0.2, 0) is 6.54 Å². The van der Waals surface area contributed by atoms with Crippen molar-refractivity contribution in [2.24, 2.45) is 0 Å². The van der Waals surface area contributed by atoms with E-state index in [4.69, 9.17) is 0 Å². The number of carbonyl (C=O) groups excluding carboxylic acids is 1. The molecule has 98 valence electrons. The number of nitrogens with one attached hydrogen (secondary N) is 1. The summed E-state index contributed by atoms with van der Waals surface area (Å²) in [4.78, 5) is 11.9. The summed E-state index contributed by atoms with van der Waals surface area (Å²) in [5, 5.41) is 12.5. The Labute approximate surface area is 127 Å². The number of hydrogen-bond acceptors (Lipinski definition) is 2. The Morgan fingerprint density at radius 1 is 1.11 bits per heavy atom. The number of aromatic hydroxyl groups is 1. The highest BCUT2D eigenvalue weighted by atomic mass is 79.9. The molecular weight excluding hydrogens is 374 g/mol. The van der Waals surface area contributed by atoms with Gasteiger partial charge in [-0.05, 0) is 35.9 Å². The van der Waals surface area contributed by atoms with Crippen molar-refractivity contribution in [3.8, 4) is 5.75 Å². The van der Waals surface area contributed by atoms with Crippen LogP contribution in [0.3, 0.4) is 0 Å².